The van der Waals surface area contributed by atoms with Gasteiger partial charge in [0.2, 0.25) is 0 Å². The van der Waals surface area contributed by atoms with Crippen LogP contribution in [0.4, 0.5) is 0 Å². The zero-order chi connectivity index (χ0) is 18.2. The Hall–Kier alpha value is -0.420. The van der Waals surface area contributed by atoms with Crippen molar-refractivity contribution in [3.8, 4) is 0 Å². The minimum Gasteiger partial charge on any atom is -0.392 e. The maximum absolute atomic E-state index is 11.5. The molecule has 0 radical (unpaired) electrons. The van der Waals surface area contributed by atoms with Gasteiger partial charge in [-0.2, -0.15) is 0 Å². The van der Waals surface area contributed by atoms with Crippen molar-refractivity contribution in [2.45, 2.75) is 70.3 Å². The first kappa shape index (κ1) is 16.5. The van der Waals surface area contributed by atoms with Crippen LogP contribution in [0.2, 0.25) is 0 Å². The molecule has 6 fully saturated rings. The van der Waals surface area contributed by atoms with E-state index in [0.29, 0.717) is 17.9 Å². The number of rotatable bonds is 1. The Kier molecular flexibility index (Phi) is 2.92. The number of likely N-dealkylation sites (tertiary alicyclic amines) is 1. The van der Waals surface area contributed by atoms with Crippen molar-refractivity contribution >= 4 is 0 Å². The van der Waals surface area contributed by atoms with Crippen LogP contribution in [0.5, 0.6) is 0 Å². The van der Waals surface area contributed by atoms with E-state index in [4.69, 9.17) is 0 Å². The molecule has 11 atom stereocenters. The number of hydrogen-bond donors (Lipinski definition) is 3. The van der Waals surface area contributed by atoms with E-state index in [-0.39, 0.29) is 34.2 Å². The summed E-state index contributed by atoms with van der Waals surface area (Å²) in [6, 6.07) is 0.373. The van der Waals surface area contributed by atoms with Crippen molar-refractivity contribution in [3.63, 3.8) is 0 Å². The lowest BCUT2D eigenvalue weighted by Gasteiger charge is -2.65. The number of piperidine rings is 1. The highest BCUT2D eigenvalue weighted by Gasteiger charge is 2.85. The predicted molar refractivity (Wildman–Crippen MR) is 98.2 cm³/mol. The van der Waals surface area contributed by atoms with E-state index in [9.17, 15) is 15.3 Å². The third-order valence-electron chi connectivity index (χ3n) is 10.6. The summed E-state index contributed by atoms with van der Waals surface area (Å²) < 4.78 is 0. The molecule has 5 saturated carbocycles. The van der Waals surface area contributed by atoms with Crippen molar-refractivity contribution in [3.05, 3.63) is 12.2 Å². The lowest BCUT2D eigenvalue weighted by atomic mass is 9.43. The smallest absolute Gasteiger partial charge is 0.0813 e. The maximum atomic E-state index is 11.5. The fourth-order valence-electron chi connectivity index (χ4n) is 9.97. The van der Waals surface area contributed by atoms with Gasteiger partial charge in [-0.1, -0.05) is 20.4 Å². The Morgan fingerprint density at radius 2 is 1.96 bits per heavy atom. The summed E-state index contributed by atoms with van der Waals surface area (Å²) in [4.78, 5) is 2.65. The molecule has 1 saturated heterocycles. The average Bonchev–Trinajstić information content (AvgIpc) is 3.14. The SMILES string of the molecule is C=C1[C@@H](O)C23C[C@@H]1[C@@H](O)C[C@H]2[C@@]12C4[C@H]3C[C@@H]1[C@](C)(CC[C@@H]2O)CN4CC. The average molecular weight is 360 g/mol. The molecular formula is C22H33NO3. The van der Waals surface area contributed by atoms with E-state index < -0.39 is 12.2 Å². The number of fused-ring (bicyclic) bond motifs is 1. The topological polar surface area (TPSA) is 63.9 Å². The van der Waals surface area contributed by atoms with Crippen LogP contribution in [-0.2, 0) is 0 Å². The van der Waals surface area contributed by atoms with Crippen LogP contribution in [0.1, 0.15) is 46.0 Å². The van der Waals surface area contributed by atoms with Gasteiger partial charge in [0.15, 0.2) is 0 Å². The quantitative estimate of drug-likeness (QED) is 0.625. The molecule has 0 amide bonds. The summed E-state index contributed by atoms with van der Waals surface area (Å²) in [5.41, 5.74) is 0.849. The first-order valence-corrected chi connectivity index (χ1v) is 10.8. The van der Waals surface area contributed by atoms with Gasteiger partial charge in [0.25, 0.3) is 0 Å². The first-order chi connectivity index (χ1) is 12.3. The van der Waals surface area contributed by atoms with Crippen molar-refractivity contribution in [2.75, 3.05) is 13.1 Å². The number of hydrogen-bond acceptors (Lipinski definition) is 4. The lowest BCUT2D eigenvalue weighted by Crippen LogP contribution is -2.68. The standard InChI is InChI=1S/C22H33NO3/c1-4-23-10-20(3)6-5-17(25)22-15(20)7-13(18(22)23)21-9-12(11(2)19(21)26)14(24)8-16(21)22/h12-19,24-26H,2,4-10H2,1,3H3/t12-,13+,14-,15+,16+,17-,18?,19+,20+,21?,22-/m0/s1. The molecule has 1 heterocycles. The minimum absolute atomic E-state index is 0.0547. The molecule has 7 bridgehead atoms. The van der Waals surface area contributed by atoms with E-state index in [0.717, 1.165) is 50.8 Å². The third-order valence-corrected chi connectivity index (χ3v) is 10.6. The van der Waals surface area contributed by atoms with Gasteiger partial charge in [0.1, 0.15) is 0 Å². The zero-order valence-corrected chi connectivity index (χ0v) is 16.1. The van der Waals surface area contributed by atoms with Gasteiger partial charge in [0, 0.05) is 29.3 Å². The van der Waals surface area contributed by atoms with E-state index in [2.05, 4.69) is 25.3 Å². The first-order valence-electron chi connectivity index (χ1n) is 10.8. The van der Waals surface area contributed by atoms with Crippen LogP contribution >= 0.6 is 0 Å². The molecule has 4 heteroatoms. The second kappa shape index (κ2) is 4.59. The molecule has 3 N–H and O–H groups in total. The fourth-order valence-corrected chi connectivity index (χ4v) is 9.97. The number of aliphatic hydroxyl groups excluding tert-OH is 3. The third kappa shape index (κ3) is 1.37. The van der Waals surface area contributed by atoms with Crippen molar-refractivity contribution < 1.29 is 15.3 Å². The van der Waals surface area contributed by atoms with Gasteiger partial charge >= 0.3 is 0 Å². The van der Waals surface area contributed by atoms with Gasteiger partial charge in [-0.25, -0.2) is 0 Å². The van der Waals surface area contributed by atoms with Crippen LogP contribution < -0.4 is 0 Å². The molecule has 144 valence electrons. The Morgan fingerprint density at radius 3 is 2.69 bits per heavy atom. The van der Waals surface area contributed by atoms with Gasteiger partial charge in [-0.15, -0.1) is 0 Å². The van der Waals surface area contributed by atoms with Crippen LogP contribution in [0.15, 0.2) is 12.2 Å². The predicted octanol–water partition coefficient (Wildman–Crippen LogP) is 1.79. The highest BCUT2D eigenvalue weighted by atomic mass is 16.3. The summed E-state index contributed by atoms with van der Waals surface area (Å²) in [7, 11) is 0. The summed E-state index contributed by atoms with van der Waals surface area (Å²) in [5.74, 6) is 1.26. The number of nitrogens with zero attached hydrogens (tertiary/aromatic N) is 1. The molecule has 26 heavy (non-hydrogen) atoms. The molecule has 5 aliphatic carbocycles. The van der Waals surface area contributed by atoms with Crippen LogP contribution in [0.25, 0.3) is 0 Å². The van der Waals surface area contributed by atoms with Crippen molar-refractivity contribution in [1.82, 2.24) is 4.90 Å². The molecule has 6 aliphatic rings. The van der Waals surface area contributed by atoms with Crippen molar-refractivity contribution in [1.29, 1.82) is 0 Å². The Balaban J connectivity index is 1.61. The zero-order valence-electron chi connectivity index (χ0n) is 16.1. The number of aliphatic hydroxyl groups is 3. The summed E-state index contributed by atoms with van der Waals surface area (Å²) in [5, 5.41) is 33.8. The van der Waals surface area contributed by atoms with Crippen LogP contribution in [0.3, 0.4) is 0 Å². The summed E-state index contributed by atoms with van der Waals surface area (Å²) >= 11 is 0. The van der Waals surface area contributed by atoms with Crippen molar-refractivity contribution in [2.24, 2.45) is 39.9 Å². The molecule has 1 aliphatic heterocycles. The molecule has 0 aromatic carbocycles. The Bertz CT molecular complexity index is 695. The second-order valence-corrected chi connectivity index (χ2v) is 10.9. The van der Waals surface area contributed by atoms with Gasteiger partial charge in [-0.05, 0) is 67.4 Å². The molecule has 2 spiro atoms. The maximum Gasteiger partial charge on any atom is 0.0813 e. The van der Waals surface area contributed by atoms with Gasteiger partial charge in [0.05, 0.1) is 18.3 Å². The van der Waals surface area contributed by atoms with Gasteiger partial charge in [-0.3, -0.25) is 4.90 Å². The summed E-state index contributed by atoms with van der Waals surface area (Å²) in [6.07, 6.45) is 3.58. The molecule has 0 aromatic rings. The molecule has 0 aromatic heterocycles. The molecule has 6 rings (SSSR count). The van der Waals surface area contributed by atoms with E-state index in [1.54, 1.807) is 0 Å². The van der Waals surface area contributed by atoms with E-state index >= 15 is 0 Å². The summed E-state index contributed by atoms with van der Waals surface area (Å²) in [6.45, 7) is 11.1. The van der Waals surface area contributed by atoms with Gasteiger partial charge < -0.3 is 15.3 Å². The molecular weight excluding hydrogens is 326 g/mol. The van der Waals surface area contributed by atoms with E-state index in [1.807, 2.05) is 0 Å². The second-order valence-electron chi connectivity index (χ2n) is 10.9. The lowest BCUT2D eigenvalue weighted by molar-refractivity contribution is -0.218. The largest absolute Gasteiger partial charge is 0.392 e. The highest BCUT2D eigenvalue weighted by molar-refractivity contribution is 5.39. The molecule has 4 nitrogen and oxygen atoms in total. The Morgan fingerprint density at radius 1 is 1.19 bits per heavy atom. The van der Waals surface area contributed by atoms with E-state index in [1.165, 1.54) is 0 Å². The fraction of sp³-hybridized carbons (Fsp3) is 0.909. The molecule has 2 unspecified atom stereocenters. The van der Waals surface area contributed by atoms with Crippen LogP contribution in [-0.4, -0.2) is 57.7 Å². The monoisotopic (exact) mass is 359 g/mol. The normalized spacial score (nSPS) is 65.5. The highest BCUT2D eigenvalue weighted by Crippen LogP contribution is 2.83. The minimum atomic E-state index is -0.500. The Labute approximate surface area is 156 Å². The van der Waals surface area contributed by atoms with Crippen LogP contribution in [0, 0.1) is 39.9 Å².